The minimum atomic E-state index is -0.500. The number of rotatable bonds is 5. The van der Waals surface area contributed by atoms with E-state index in [0.29, 0.717) is 19.0 Å². The van der Waals surface area contributed by atoms with Crippen molar-refractivity contribution in [3.63, 3.8) is 0 Å². The van der Waals surface area contributed by atoms with E-state index in [-0.39, 0.29) is 11.7 Å². The van der Waals surface area contributed by atoms with E-state index < -0.39 is 11.6 Å². The number of halogens is 2. The number of anilines is 1. The highest BCUT2D eigenvalue weighted by Gasteiger charge is 2.34. The minimum absolute atomic E-state index is 0.0795. The maximum Gasteiger partial charge on any atom is 0.191 e. The Hall–Kier alpha value is -1.89. The van der Waals surface area contributed by atoms with Crippen LogP contribution < -0.4 is 15.5 Å². The highest BCUT2D eigenvalue weighted by molar-refractivity contribution is 5.80. The average Bonchev–Trinajstić information content (AvgIpc) is 3.22. The van der Waals surface area contributed by atoms with Gasteiger partial charge in [-0.2, -0.15) is 0 Å². The van der Waals surface area contributed by atoms with E-state index in [1.807, 2.05) is 0 Å². The lowest BCUT2D eigenvalue weighted by Gasteiger charge is -2.22. The lowest BCUT2D eigenvalue weighted by atomic mass is 10.1. The summed E-state index contributed by atoms with van der Waals surface area (Å²) >= 11 is 0. The summed E-state index contributed by atoms with van der Waals surface area (Å²) in [4.78, 5) is 8.72. The van der Waals surface area contributed by atoms with Gasteiger partial charge in [0.2, 0.25) is 0 Å². The van der Waals surface area contributed by atoms with Gasteiger partial charge in [-0.25, -0.2) is 8.78 Å². The van der Waals surface area contributed by atoms with Gasteiger partial charge < -0.3 is 20.4 Å². The summed E-state index contributed by atoms with van der Waals surface area (Å²) in [6.45, 7) is 4.51. The van der Waals surface area contributed by atoms with Gasteiger partial charge in [0.05, 0.1) is 0 Å². The van der Waals surface area contributed by atoms with Crippen molar-refractivity contribution >= 4 is 11.6 Å². The molecule has 148 valence electrons. The summed E-state index contributed by atoms with van der Waals surface area (Å²) in [6.07, 6.45) is 4.80. The number of likely N-dealkylation sites (tertiary alicyclic amines) is 1. The van der Waals surface area contributed by atoms with Crippen molar-refractivity contribution in [3.8, 4) is 0 Å². The van der Waals surface area contributed by atoms with Crippen LogP contribution in [-0.4, -0.2) is 62.7 Å². The molecule has 2 heterocycles. The molecule has 0 bridgehead atoms. The number of hydrogen-bond donors (Lipinski definition) is 2. The Morgan fingerprint density at radius 3 is 2.59 bits per heavy atom. The summed E-state index contributed by atoms with van der Waals surface area (Å²) < 4.78 is 28.0. The van der Waals surface area contributed by atoms with Crippen molar-refractivity contribution in [2.45, 2.75) is 37.8 Å². The lowest BCUT2D eigenvalue weighted by Crippen LogP contribution is -2.46. The molecule has 2 N–H and O–H groups in total. The number of nitrogens with one attached hydrogen (secondary N) is 2. The van der Waals surface area contributed by atoms with Crippen LogP contribution in [0.15, 0.2) is 23.2 Å². The lowest BCUT2D eigenvalue weighted by molar-refractivity contribution is 0.314. The van der Waals surface area contributed by atoms with E-state index in [9.17, 15) is 8.78 Å². The molecule has 0 aromatic heterocycles. The van der Waals surface area contributed by atoms with Crippen molar-refractivity contribution in [1.29, 1.82) is 0 Å². The Morgan fingerprint density at radius 2 is 1.89 bits per heavy atom. The molecular weight excluding hydrogens is 348 g/mol. The van der Waals surface area contributed by atoms with E-state index in [1.54, 1.807) is 11.9 Å². The Bertz CT molecular complexity index is 671. The number of para-hydroxylation sites is 1. The Morgan fingerprint density at radius 1 is 1.11 bits per heavy atom. The van der Waals surface area contributed by atoms with Crippen molar-refractivity contribution in [2.24, 2.45) is 10.9 Å². The van der Waals surface area contributed by atoms with Gasteiger partial charge in [0.1, 0.15) is 17.3 Å². The molecule has 4 rings (SSSR count). The third kappa shape index (κ3) is 4.34. The fraction of sp³-hybridized carbons (Fsp3) is 0.650. The molecule has 1 aromatic rings. The van der Waals surface area contributed by atoms with Gasteiger partial charge in [0.15, 0.2) is 5.96 Å². The first-order chi connectivity index (χ1) is 13.1. The molecule has 1 saturated carbocycles. The molecule has 2 unspecified atom stereocenters. The number of hydrogen-bond acceptors (Lipinski definition) is 3. The molecule has 7 heteroatoms. The van der Waals surface area contributed by atoms with E-state index >= 15 is 0 Å². The van der Waals surface area contributed by atoms with Gasteiger partial charge in [-0.1, -0.05) is 6.07 Å². The SMILES string of the molecule is CN=C(NCC1CCN(C2CC2)C1)NC1CCN(c2c(F)cccc2F)C1. The number of guanidine groups is 1. The van der Waals surface area contributed by atoms with Crippen LogP contribution in [0.25, 0.3) is 0 Å². The largest absolute Gasteiger partial charge is 0.365 e. The highest BCUT2D eigenvalue weighted by atomic mass is 19.1. The molecule has 2 saturated heterocycles. The second-order valence-electron chi connectivity index (χ2n) is 7.98. The normalized spacial score (nSPS) is 26.6. The zero-order valence-electron chi connectivity index (χ0n) is 15.9. The first kappa shape index (κ1) is 18.5. The summed E-state index contributed by atoms with van der Waals surface area (Å²) in [6, 6.07) is 5.00. The second kappa shape index (κ2) is 8.00. The van der Waals surface area contributed by atoms with Gasteiger partial charge in [-0.05, 0) is 50.3 Å². The maximum atomic E-state index is 14.0. The van der Waals surface area contributed by atoms with Gasteiger partial charge >= 0.3 is 0 Å². The average molecular weight is 377 g/mol. The molecule has 3 fully saturated rings. The van der Waals surface area contributed by atoms with Crippen LogP contribution in [0.1, 0.15) is 25.7 Å². The molecule has 5 nitrogen and oxygen atoms in total. The van der Waals surface area contributed by atoms with E-state index in [0.717, 1.165) is 25.0 Å². The molecule has 1 aliphatic carbocycles. The summed E-state index contributed by atoms with van der Waals surface area (Å²) in [5.41, 5.74) is 0.0795. The summed E-state index contributed by atoms with van der Waals surface area (Å²) in [7, 11) is 1.77. The fourth-order valence-corrected chi connectivity index (χ4v) is 4.30. The van der Waals surface area contributed by atoms with E-state index in [4.69, 9.17) is 0 Å². The third-order valence-electron chi connectivity index (χ3n) is 5.95. The summed E-state index contributed by atoms with van der Waals surface area (Å²) in [5, 5.41) is 6.85. The molecule has 27 heavy (non-hydrogen) atoms. The molecule has 0 spiro atoms. The highest BCUT2D eigenvalue weighted by Crippen LogP contribution is 2.31. The van der Waals surface area contributed by atoms with Crippen LogP contribution in [0.5, 0.6) is 0 Å². The Kier molecular flexibility index (Phi) is 5.48. The molecule has 2 aliphatic heterocycles. The Balaban J connectivity index is 1.26. The topological polar surface area (TPSA) is 42.9 Å². The standard InChI is InChI=1S/C20H29F2N5/c1-23-20(24-11-14-7-9-26(12-14)16-5-6-16)25-15-8-10-27(13-15)19-17(21)3-2-4-18(19)22/h2-4,14-16H,5-13H2,1H3,(H2,23,24,25). The van der Waals surface area contributed by atoms with Crippen LogP contribution in [0.4, 0.5) is 14.5 Å². The molecular formula is C20H29F2N5. The number of aliphatic imine (C=N–C) groups is 1. The van der Waals surface area contributed by atoms with Crippen molar-refractivity contribution < 1.29 is 8.78 Å². The molecule has 0 radical (unpaired) electrons. The van der Waals surface area contributed by atoms with Crippen molar-refractivity contribution in [3.05, 3.63) is 29.8 Å². The first-order valence-electron chi connectivity index (χ1n) is 10.0. The zero-order valence-corrected chi connectivity index (χ0v) is 15.9. The van der Waals surface area contributed by atoms with Gasteiger partial charge in [-0.15, -0.1) is 0 Å². The van der Waals surface area contributed by atoms with Gasteiger partial charge in [0.25, 0.3) is 0 Å². The van der Waals surface area contributed by atoms with Crippen LogP contribution in [0, 0.1) is 17.6 Å². The Labute approximate surface area is 159 Å². The van der Waals surface area contributed by atoms with Gasteiger partial charge in [0, 0.05) is 45.3 Å². The van der Waals surface area contributed by atoms with Gasteiger partial charge in [-0.3, -0.25) is 4.99 Å². The minimum Gasteiger partial charge on any atom is -0.365 e. The molecule has 2 atom stereocenters. The van der Waals surface area contributed by atoms with E-state index in [1.165, 1.54) is 50.6 Å². The predicted molar refractivity (Wildman–Crippen MR) is 104 cm³/mol. The van der Waals surface area contributed by atoms with Crippen LogP contribution >= 0.6 is 0 Å². The van der Waals surface area contributed by atoms with Crippen molar-refractivity contribution in [1.82, 2.24) is 15.5 Å². The quantitative estimate of drug-likeness (QED) is 0.610. The van der Waals surface area contributed by atoms with Crippen molar-refractivity contribution in [2.75, 3.05) is 44.7 Å². The van der Waals surface area contributed by atoms with E-state index in [2.05, 4.69) is 20.5 Å². The third-order valence-corrected chi connectivity index (χ3v) is 5.95. The number of nitrogens with zero attached hydrogens (tertiary/aromatic N) is 3. The monoisotopic (exact) mass is 377 g/mol. The molecule has 0 amide bonds. The van der Waals surface area contributed by atoms with Crippen LogP contribution in [0.3, 0.4) is 0 Å². The smallest absolute Gasteiger partial charge is 0.191 e. The number of benzene rings is 1. The molecule has 3 aliphatic rings. The predicted octanol–water partition coefficient (Wildman–Crippen LogP) is 2.19. The molecule has 1 aromatic carbocycles. The summed E-state index contributed by atoms with van der Waals surface area (Å²) in [5.74, 6) is 0.441. The first-order valence-corrected chi connectivity index (χ1v) is 10.0. The zero-order chi connectivity index (χ0) is 18.8. The second-order valence-corrected chi connectivity index (χ2v) is 7.98. The fourth-order valence-electron chi connectivity index (χ4n) is 4.30. The maximum absolute atomic E-state index is 14.0. The van der Waals surface area contributed by atoms with Crippen LogP contribution in [0.2, 0.25) is 0 Å². The van der Waals surface area contributed by atoms with Crippen LogP contribution in [-0.2, 0) is 0 Å².